The molecule has 2 aromatic heterocycles. The van der Waals surface area contributed by atoms with Crippen LogP contribution in [0.2, 0.25) is 0 Å². The van der Waals surface area contributed by atoms with Gasteiger partial charge in [0, 0.05) is 24.8 Å². The van der Waals surface area contributed by atoms with Crippen molar-refractivity contribution in [3.63, 3.8) is 0 Å². The number of aryl methyl sites for hydroxylation is 2. The number of hydrogen-bond donors (Lipinski definition) is 1. The monoisotopic (exact) mass is 484 g/mol. The van der Waals surface area contributed by atoms with Gasteiger partial charge < -0.3 is 19.7 Å². The van der Waals surface area contributed by atoms with Gasteiger partial charge in [0.15, 0.2) is 17.3 Å². The van der Waals surface area contributed by atoms with E-state index in [1.807, 2.05) is 60.1 Å². The van der Waals surface area contributed by atoms with Crippen LogP contribution in [0.5, 0.6) is 11.5 Å². The van der Waals surface area contributed by atoms with Crippen LogP contribution in [0, 0.1) is 19.8 Å². The third-order valence-corrected chi connectivity index (χ3v) is 6.89. The van der Waals surface area contributed by atoms with Crippen LogP contribution in [0.15, 0.2) is 48.5 Å². The molecule has 9 heteroatoms. The van der Waals surface area contributed by atoms with Crippen LogP contribution in [0.1, 0.15) is 24.2 Å². The number of carbonyl (C=O) groups is 1. The molecular formula is C27H28N6O3. The van der Waals surface area contributed by atoms with Crippen molar-refractivity contribution in [1.29, 1.82) is 0 Å². The van der Waals surface area contributed by atoms with Gasteiger partial charge in [0.05, 0.1) is 28.4 Å². The third kappa shape index (κ3) is 4.00. The van der Waals surface area contributed by atoms with Gasteiger partial charge in [-0.1, -0.05) is 18.2 Å². The Balaban J connectivity index is 1.26. The molecule has 1 fully saturated rings. The van der Waals surface area contributed by atoms with Crippen LogP contribution in [0.25, 0.3) is 16.6 Å². The molecule has 1 saturated heterocycles. The highest BCUT2D eigenvalue weighted by Gasteiger charge is 2.29. The van der Waals surface area contributed by atoms with E-state index in [4.69, 9.17) is 14.6 Å². The van der Waals surface area contributed by atoms with E-state index in [-0.39, 0.29) is 11.8 Å². The van der Waals surface area contributed by atoms with Gasteiger partial charge in [0.25, 0.3) is 0 Å². The highest BCUT2D eigenvalue weighted by atomic mass is 16.6. The lowest BCUT2D eigenvalue weighted by Gasteiger charge is -2.32. The molecule has 2 aliphatic rings. The molecule has 9 nitrogen and oxygen atoms in total. The van der Waals surface area contributed by atoms with Gasteiger partial charge in [-0.2, -0.15) is 10.2 Å². The van der Waals surface area contributed by atoms with Crippen LogP contribution in [0.3, 0.4) is 0 Å². The van der Waals surface area contributed by atoms with Crippen LogP contribution in [0.4, 0.5) is 11.5 Å². The fourth-order valence-corrected chi connectivity index (χ4v) is 5.09. The maximum Gasteiger partial charge on any atom is 0.229 e. The summed E-state index contributed by atoms with van der Waals surface area (Å²) in [5.41, 5.74) is 4.38. The van der Waals surface area contributed by atoms with E-state index >= 15 is 0 Å². The fraction of sp³-hybridized carbons (Fsp3) is 0.333. The molecule has 0 saturated carbocycles. The Morgan fingerprint density at radius 1 is 1.03 bits per heavy atom. The van der Waals surface area contributed by atoms with E-state index in [1.165, 1.54) is 0 Å². The van der Waals surface area contributed by atoms with Crippen molar-refractivity contribution in [3.05, 3.63) is 59.9 Å². The second kappa shape index (κ2) is 9.14. The van der Waals surface area contributed by atoms with Gasteiger partial charge in [-0.3, -0.25) is 4.79 Å². The lowest BCUT2D eigenvalue weighted by molar-refractivity contribution is -0.120. The molecule has 2 aliphatic heterocycles. The molecule has 1 amide bonds. The van der Waals surface area contributed by atoms with E-state index < -0.39 is 0 Å². The summed E-state index contributed by atoms with van der Waals surface area (Å²) in [7, 11) is 0. The van der Waals surface area contributed by atoms with E-state index in [1.54, 1.807) is 0 Å². The second-order valence-corrected chi connectivity index (χ2v) is 9.30. The van der Waals surface area contributed by atoms with Gasteiger partial charge in [-0.05, 0) is 51.0 Å². The molecule has 1 atom stereocenters. The van der Waals surface area contributed by atoms with Crippen LogP contribution in [-0.2, 0) is 4.79 Å². The summed E-state index contributed by atoms with van der Waals surface area (Å²) in [5, 5.41) is 18.0. The first kappa shape index (κ1) is 22.3. The summed E-state index contributed by atoms with van der Waals surface area (Å²) in [6.07, 6.45) is 1.70. The largest absolute Gasteiger partial charge is 0.486 e. The minimum Gasteiger partial charge on any atom is -0.486 e. The second-order valence-electron chi connectivity index (χ2n) is 9.30. The molecule has 2 aromatic carbocycles. The molecule has 36 heavy (non-hydrogen) atoms. The fourth-order valence-electron chi connectivity index (χ4n) is 5.09. The minimum atomic E-state index is -0.178. The Morgan fingerprint density at radius 2 is 1.83 bits per heavy atom. The average Bonchev–Trinajstić information content (AvgIpc) is 3.27. The van der Waals surface area contributed by atoms with Crippen LogP contribution < -0.4 is 19.7 Å². The van der Waals surface area contributed by atoms with Crippen molar-refractivity contribution in [2.75, 3.05) is 36.5 Å². The number of ether oxygens (including phenoxy) is 2. The number of anilines is 2. The van der Waals surface area contributed by atoms with E-state index in [9.17, 15) is 4.79 Å². The topological polar surface area (TPSA) is 94.4 Å². The van der Waals surface area contributed by atoms with Crippen molar-refractivity contribution in [1.82, 2.24) is 20.0 Å². The molecule has 0 spiro atoms. The highest BCUT2D eigenvalue weighted by Crippen LogP contribution is 2.34. The number of para-hydroxylation sites is 1. The number of nitrogens with zero attached hydrogens (tertiary/aromatic N) is 5. The molecule has 0 aliphatic carbocycles. The summed E-state index contributed by atoms with van der Waals surface area (Å²) in [6, 6.07) is 15.6. The molecule has 0 radical (unpaired) electrons. The predicted octanol–water partition coefficient (Wildman–Crippen LogP) is 4.06. The Labute approximate surface area is 209 Å². The molecule has 4 aromatic rings. The molecule has 1 N–H and O–H groups in total. The summed E-state index contributed by atoms with van der Waals surface area (Å²) >= 11 is 0. The van der Waals surface area contributed by atoms with Crippen LogP contribution in [-0.4, -0.2) is 52.2 Å². The summed E-state index contributed by atoms with van der Waals surface area (Å²) in [4.78, 5) is 15.4. The van der Waals surface area contributed by atoms with Gasteiger partial charge in [-0.15, -0.1) is 5.10 Å². The standard InChI is InChI=1S/C27H28N6O3/c1-17-24-18(2)33(21-8-4-3-5-9-21)31-25(24)26(30-29-17)32-12-6-7-19(16-32)27(34)28-20-10-11-22-23(15-20)36-14-13-35-22/h3-5,8-11,15,19H,6-7,12-14,16H2,1-2H3,(H,28,34). The number of fused-ring (bicyclic) bond motifs is 2. The smallest absolute Gasteiger partial charge is 0.229 e. The first-order valence-corrected chi connectivity index (χ1v) is 12.3. The number of piperidine rings is 1. The summed E-state index contributed by atoms with van der Waals surface area (Å²) in [5.74, 6) is 1.90. The lowest BCUT2D eigenvalue weighted by atomic mass is 9.96. The number of amides is 1. The van der Waals surface area contributed by atoms with Crippen molar-refractivity contribution in [2.45, 2.75) is 26.7 Å². The Hall–Kier alpha value is -4.14. The predicted molar refractivity (Wildman–Crippen MR) is 137 cm³/mol. The van der Waals surface area contributed by atoms with E-state index in [2.05, 4.69) is 27.3 Å². The van der Waals surface area contributed by atoms with E-state index in [0.29, 0.717) is 36.9 Å². The Bertz CT molecular complexity index is 1430. The number of rotatable bonds is 4. The minimum absolute atomic E-state index is 0.0151. The SMILES string of the molecule is Cc1nnc(N2CCCC(C(=O)Nc3ccc4c(c3)OCCO4)C2)c2nn(-c3ccccc3)c(C)c12. The van der Waals surface area contributed by atoms with Crippen molar-refractivity contribution in [2.24, 2.45) is 5.92 Å². The summed E-state index contributed by atoms with van der Waals surface area (Å²) in [6.45, 7) is 6.42. The molecule has 0 bridgehead atoms. The third-order valence-electron chi connectivity index (χ3n) is 6.89. The van der Waals surface area contributed by atoms with Crippen LogP contribution >= 0.6 is 0 Å². The zero-order chi connectivity index (χ0) is 24.6. The Morgan fingerprint density at radius 3 is 2.67 bits per heavy atom. The number of benzene rings is 2. The molecular weight excluding hydrogens is 456 g/mol. The summed E-state index contributed by atoms with van der Waals surface area (Å²) < 4.78 is 13.2. The van der Waals surface area contributed by atoms with E-state index in [0.717, 1.165) is 53.2 Å². The molecule has 1 unspecified atom stereocenters. The van der Waals surface area contributed by atoms with Gasteiger partial charge in [0.2, 0.25) is 5.91 Å². The van der Waals surface area contributed by atoms with Crippen molar-refractivity contribution >= 4 is 28.3 Å². The van der Waals surface area contributed by atoms with Gasteiger partial charge in [-0.25, -0.2) is 4.68 Å². The number of aromatic nitrogens is 4. The zero-order valence-electron chi connectivity index (χ0n) is 20.4. The quantitative estimate of drug-likeness (QED) is 0.467. The zero-order valence-corrected chi connectivity index (χ0v) is 20.4. The number of carbonyl (C=O) groups excluding carboxylic acids is 1. The Kier molecular flexibility index (Phi) is 5.67. The van der Waals surface area contributed by atoms with Gasteiger partial charge >= 0.3 is 0 Å². The molecule has 4 heterocycles. The normalized spacial score (nSPS) is 17.3. The highest BCUT2D eigenvalue weighted by molar-refractivity contribution is 5.95. The van der Waals surface area contributed by atoms with Gasteiger partial charge in [0.1, 0.15) is 18.7 Å². The molecule has 6 rings (SSSR count). The lowest BCUT2D eigenvalue weighted by Crippen LogP contribution is -2.41. The molecule has 184 valence electrons. The van der Waals surface area contributed by atoms with Crippen molar-refractivity contribution in [3.8, 4) is 17.2 Å². The first-order valence-electron chi connectivity index (χ1n) is 12.3. The maximum atomic E-state index is 13.2. The number of hydrogen-bond acceptors (Lipinski definition) is 7. The van der Waals surface area contributed by atoms with Crippen molar-refractivity contribution < 1.29 is 14.3 Å². The maximum absolute atomic E-state index is 13.2. The average molecular weight is 485 g/mol. The number of nitrogens with one attached hydrogen (secondary N) is 1. The first-order chi connectivity index (χ1) is 17.6.